The van der Waals surface area contributed by atoms with Gasteiger partial charge in [0, 0.05) is 18.3 Å². The van der Waals surface area contributed by atoms with E-state index in [1.807, 2.05) is 0 Å². The van der Waals surface area contributed by atoms with Gasteiger partial charge in [0.25, 0.3) is 11.6 Å². The Labute approximate surface area is 121 Å². The third-order valence-corrected chi connectivity index (χ3v) is 2.90. The van der Waals surface area contributed by atoms with Gasteiger partial charge in [-0.3, -0.25) is 14.9 Å². The number of nitro benzene ring substituents is 1. The van der Waals surface area contributed by atoms with Crippen LogP contribution < -0.4 is 5.32 Å². The van der Waals surface area contributed by atoms with Crippen molar-refractivity contribution in [3.63, 3.8) is 0 Å². The standard InChI is InChI=1S/C12H8BrN3O4/c13-11-4-1-7(6-14-11)12(18)15-9-5-8(16(19)20)2-3-10(9)17/h1-6,17H,(H,15,18). The van der Waals surface area contributed by atoms with Gasteiger partial charge in [-0.05, 0) is 34.1 Å². The quantitative estimate of drug-likeness (QED) is 0.387. The molecule has 2 aromatic rings. The number of anilines is 1. The third-order valence-electron chi connectivity index (χ3n) is 2.43. The molecular weight excluding hydrogens is 330 g/mol. The van der Waals surface area contributed by atoms with E-state index < -0.39 is 10.8 Å². The minimum Gasteiger partial charge on any atom is -0.506 e. The Kier molecular flexibility index (Phi) is 3.94. The number of nitrogens with zero attached hydrogens (tertiary/aromatic N) is 2. The summed E-state index contributed by atoms with van der Waals surface area (Å²) in [4.78, 5) is 25.8. The maximum atomic E-state index is 11.9. The van der Waals surface area contributed by atoms with E-state index in [-0.39, 0.29) is 22.7 Å². The van der Waals surface area contributed by atoms with Crippen LogP contribution in [0.5, 0.6) is 5.75 Å². The topological polar surface area (TPSA) is 105 Å². The predicted octanol–water partition coefficient (Wildman–Crippen LogP) is 2.71. The van der Waals surface area contributed by atoms with Crippen LogP contribution in [0.2, 0.25) is 0 Å². The van der Waals surface area contributed by atoms with Gasteiger partial charge in [-0.15, -0.1) is 0 Å². The number of carbonyl (C=O) groups excluding carboxylic acids is 1. The Bertz CT molecular complexity index is 673. The highest BCUT2D eigenvalue weighted by Crippen LogP contribution is 2.28. The van der Waals surface area contributed by atoms with Crippen molar-refractivity contribution in [2.24, 2.45) is 0 Å². The van der Waals surface area contributed by atoms with Crippen LogP contribution in [0, 0.1) is 10.1 Å². The van der Waals surface area contributed by atoms with Crippen molar-refractivity contribution >= 4 is 33.2 Å². The molecule has 1 heterocycles. The van der Waals surface area contributed by atoms with Gasteiger partial charge in [-0.2, -0.15) is 0 Å². The number of non-ortho nitro benzene ring substituents is 1. The van der Waals surface area contributed by atoms with Gasteiger partial charge in [-0.25, -0.2) is 4.98 Å². The number of rotatable bonds is 3. The molecule has 0 spiro atoms. The van der Waals surface area contributed by atoms with Gasteiger partial charge in [0.2, 0.25) is 0 Å². The summed E-state index contributed by atoms with van der Waals surface area (Å²) in [6.07, 6.45) is 1.34. The van der Waals surface area contributed by atoms with Crippen molar-refractivity contribution < 1.29 is 14.8 Å². The lowest BCUT2D eigenvalue weighted by atomic mass is 10.2. The zero-order valence-electron chi connectivity index (χ0n) is 9.91. The first-order valence-electron chi connectivity index (χ1n) is 5.37. The Morgan fingerprint density at radius 2 is 2.10 bits per heavy atom. The smallest absolute Gasteiger partial charge is 0.271 e. The first-order chi connectivity index (χ1) is 9.47. The summed E-state index contributed by atoms with van der Waals surface area (Å²) in [5, 5.41) is 22.6. The third kappa shape index (κ3) is 3.09. The molecule has 2 N–H and O–H groups in total. The van der Waals surface area contributed by atoms with E-state index >= 15 is 0 Å². The summed E-state index contributed by atoms with van der Waals surface area (Å²) in [5.41, 5.74) is -0.00161. The molecule has 102 valence electrons. The van der Waals surface area contributed by atoms with Crippen LogP contribution in [-0.4, -0.2) is 20.9 Å². The van der Waals surface area contributed by atoms with Crippen LogP contribution in [-0.2, 0) is 0 Å². The van der Waals surface area contributed by atoms with Gasteiger partial charge >= 0.3 is 0 Å². The molecule has 0 aliphatic carbocycles. The number of phenols is 1. The van der Waals surface area contributed by atoms with Gasteiger partial charge in [0.15, 0.2) is 0 Å². The molecule has 8 heteroatoms. The average molecular weight is 338 g/mol. The van der Waals surface area contributed by atoms with Crippen molar-refractivity contribution in [2.75, 3.05) is 5.32 Å². The fourth-order valence-corrected chi connectivity index (χ4v) is 1.68. The van der Waals surface area contributed by atoms with Crippen LogP contribution >= 0.6 is 15.9 Å². The van der Waals surface area contributed by atoms with Crippen molar-refractivity contribution in [1.82, 2.24) is 4.98 Å². The second-order valence-corrected chi connectivity index (χ2v) is 4.59. The lowest BCUT2D eigenvalue weighted by Gasteiger charge is -2.07. The predicted molar refractivity (Wildman–Crippen MR) is 74.7 cm³/mol. The molecule has 0 aliphatic heterocycles. The van der Waals surface area contributed by atoms with E-state index in [0.717, 1.165) is 18.2 Å². The zero-order valence-corrected chi connectivity index (χ0v) is 11.5. The minimum atomic E-state index is -0.615. The highest BCUT2D eigenvalue weighted by atomic mass is 79.9. The normalized spacial score (nSPS) is 10.1. The van der Waals surface area contributed by atoms with Crippen LogP contribution in [0.25, 0.3) is 0 Å². The highest BCUT2D eigenvalue weighted by molar-refractivity contribution is 9.10. The van der Waals surface area contributed by atoms with E-state index in [4.69, 9.17) is 0 Å². The summed E-state index contributed by atoms with van der Waals surface area (Å²) >= 11 is 3.14. The average Bonchev–Trinajstić information content (AvgIpc) is 2.41. The summed E-state index contributed by atoms with van der Waals surface area (Å²) in [5.74, 6) is -0.783. The second-order valence-electron chi connectivity index (χ2n) is 3.78. The number of nitrogens with one attached hydrogen (secondary N) is 1. The fraction of sp³-hybridized carbons (Fsp3) is 0. The van der Waals surface area contributed by atoms with Gasteiger partial charge in [-0.1, -0.05) is 0 Å². The number of halogens is 1. The number of hydrogen-bond donors (Lipinski definition) is 2. The SMILES string of the molecule is O=C(Nc1cc([N+](=O)[O-])ccc1O)c1ccc(Br)nc1. The molecule has 0 saturated carbocycles. The second kappa shape index (κ2) is 5.66. The Morgan fingerprint density at radius 1 is 1.35 bits per heavy atom. The molecule has 1 aromatic carbocycles. The van der Waals surface area contributed by atoms with Crippen LogP contribution in [0.15, 0.2) is 41.1 Å². The zero-order chi connectivity index (χ0) is 14.7. The molecule has 0 aliphatic rings. The van der Waals surface area contributed by atoms with Crippen LogP contribution in [0.3, 0.4) is 0 Å². The Balaban J connectivity index is 2.25. The molecule has 1 amide bonds. The summed E-state index contributed by atoms with van der Waals surface area (Å²) in [6, 6.07) is 6.49. The van der Waals surface area contributed by atoms with Crippen LogP contribution in [0.1, 0.15) is 10.4 Å². The first-order valence-corrected chi connectivity index (χ1v) is 6.17. The van der Waals surface area contributed by atoms with Crippen molar-refractivity contribution in [2.45, 2.75) is 0 Å². The molecule has 0 unspecified atom stereocenters. The first kappa shape index (κ1) is 13.9. The van der Waals surface area contributed by atoms with E-state index in [1.54, 1.807) is 6.07 Å². The molecule has 1 aromatic heterocycles. The van der Waals surface area contributed by atoms with E-state index in [1.165, 1.54) is 12.3 Å². The number of hydrogen-bond acceptors (Lipinski definition) is 5. The maximum Gasteiger partial charge on any atom is 0.271 e. The van der Waals surface area contributed by atoms with E-state index in [2.05, 4.69) is 26.2 Å². The Hall–Kier alpha value is -2.48. The monoisotopic (exact) mass is 337 g/mol. The lowest BCUT2D eigenvalue weighted by molar-refractivity contribution is -0.384. The molecule has 20 heavy (non-hydrogen) atoms. The van der Waals surface area contributed by atoms with Crippen molar-refractivity contribution in [1.29, 1.82) is 0 Å². The number of nitro groups is 1. The number of phenolic OH excluding ortho intramolecular Hbond substituents is 1. The minimum absolute atomic E-state index is 0.0351. The molecule has 0 atom stereocenters. The number of carbonyl (C=O) groups is 1. The maximum absolute atomic E-state index is 11.9. The lowest BCUT2D eigenvalue weighted by Crippen LogP contribution is -2.12. The molecule has 0 radical (unpaired) electrons. The number of aromatic hydroxyl groups is 1. The molecule has 0 bridgehead atoms. The van der Waals surface area contributed by atoms with E-state index in [9.17, 15) is 20.0 Å². The molecule has 7 nitrogen and oxygen atoms in total. The molecule has 0 saturated heterocycles. The van der Waals surface area contributed by atoms with Gasteiger partial charge in [0.05, 0.1) is 16.2 Å². The Morgan fingerprint density at radius 3 is 2.70 bits per heavy atom. The van der Waals surface area contributed by atoms with Gasteiger partial charge < -0.3 is 10.4 Å². The number of aromatic nitrogens is 1. The molecular formula is C12H8BrN3O4. The number of benzene rings is 1. The fourth-order valence-electron chi connectivity index (χ4n) is 1.44. The van der Waals surface area contributed by atoms with Crippen LogP contribution in [0.4, 0.5) is 11.4 Å². The van der Waals surface area contributed by atoms with Crippen molar-refractivity contribution in [3.8, 4) is 5.75 Å². The summed E-state index contributed by atoms with van der Waals surface area (Å²) in [7, 11) is 0. The molecule has 2 rings (SSSR count). The summed E-state index contributed by atoms with van der Waals surface area (Å²) in [6.45, 7) is 0. The highest BCUT2D eigenvalue weighted by Gasteiger charge is 2.13. The van der Waals surface area contributed by atoms with E-state index in [0.29, 0.717) is 4.60 Å². The largest absolute Gasteiger partial charge is 0.506 e. The van der Waals surface area contributed by atoms with Crippen molar-refractivity contribution in [3.05, 3.63) is 56.8 Å². The van der Waals surface area contributed by atoms with Gasteiger partial charge in [0.1, 0.15) is 10.4 Å². The number of pyridine rings is 1. The summed E-state index contributed by atoms with van der Waals surface area (Å²) < 4.78 is 0.576. The number of amides is 1. The molecule has 0 fully saturated rings.